The summed E-state index contributed by atoms with van der Waals surface area (Å²) in [5.74, 6) is -7.89. The number of amides is 2. The smallest absolute Gasteiger partial charge is 0.326 e. The highest BCUT2D eigenvalue weighted by Gasteiger charge is 2.27. The van der Waals surface area contributed by atoms with Gasteiger partial charge in [0, 0.05) is 58.2 Å². The Morgan fingerprint density at radius 3 is 1.33 bits per heavy atom. The minimum absolute atomic E-state index is 0.0786. The first-order valence-corrected chi connectivity index (χ1v) is 20.9. The highest BCUT2D eigenvalue weighted by atomic mass is 16.5. The van der Waals surface area contributed by atoms with Crippen LogP contribution in [0.5, 0.6) is 0 Å². The van der Waals surface area contributed by atoms with Crippen LogP contribution in [0.4, 0.5) is 0 Å². The number of carboxylic acids is 4. The lowest BCUT2D eigenvalue weighted by Crippen LogP contribution is -2.41. The molecule has 16 heteroatoms. The minimum atomic E-state index is -1.35. The molecule has 3 unspecified atom stereocenters. The Kier molecular flexibility index (Phi) is 32.8. The maximum atomic E-state index is 12.6. The van der Waals surface area contributed by atoms with Crippen molar-refractivity contribution >= 4 is 47.3 Å². The number of unbranched alkanes of at least 4 members (excludes halogenated alkanes) is 13. The maximum Gasteiger partial charge on any atom is 0.326 e. The first-order chi connectivity index (χ1) is 27.3. The van der Waals surface area contributed by atoms with Gasteiger partial charge < -0.3 is 40.5 Å². The largest absolute Gasteiger partial charge is 0.481 e. The van der Waals surface area contributed by atoms with Crippen molar-refractivity contribution in [3.8, 4) is 0 Å². The molecule has 16 nitrogen and oxygen atoms in total. The first kappa shape index (κ1) is 53.1. The van der Waals surface area contributed by atoms with Gasteiger partial charge in [-0.15, -0.1) is 0 Å². The summed E-state index contributed by atoms with van der Waals surface area (Å²) < 4.78 is 10.5. The second-order valence-electron chi connectivity index (χ2n) is 14.6. The molecular weight excluding hydrogens is 744 g/mol. The van der Waals surface area contributed by atoms with Gasteiger partial charge in [0.1, 0.15) is 23.7 Å². The predicted molar refractivity (Wildman–Crippen MR) is 211 cm³/mol. The van der Waals surface area contributed by atoms with Gasteiger partial charge in [-0.05, 0) is 45.4 Å². The molecule has 0 aliphatic heterocycles. The van der Waals surface area contributed by atoms with Gasteiger partial charge in [-0.1, -0.05) is 77.0 Å². The van der Waals surface area contributed by atoms with Crippen LogP contribution in [0.25, 0.3) is 0 Å². The van der Waals surface area contributed by atoms with Crippen LogP contribution in [0.3, 0.4) is 0 Å². The molecule has 0 aliphatic rings. The Hall–Kier alpha value is -3.92. The predicted octanol–water partition coefficient (Wildman–Crippen LogP) is 5.85. The fourth-order valence-corrected chi connectivity index (χ4v) is 6.20. The average Bonchev–Trinajstić information content (AvgIpc) is 3.15. The van der Waals surface area contributed by atoms with E-state index >= 15 is 0 Å². The fourth-order valence-electron chi connectivity index (χ4n) is 6.20. The van der Waals surface area contributed by atoms with E-state index in [9.17, 15) is 53.7 Å². The number of carbonyl (C=O) groups is 8. The molecule has 6 N–H and O–H groups in total. The van der Waals surface area contributed by atoms with Crippen LogP contribution >= 0.6 is 0 Å². The molecule has 0 aromatic carbocycles. The van der Waals surface area contributed by atoms with Gasteiger partial charge >= 0.3 is 23.9 Å². The molecule has 0 rings (SSSR count). The lowest BCUT2D eigenvalue weighted by Gasteiger charge is -2.17. The maximum absolute atomic E-state index is 12.6. The van der Waals surface area contributed by atoms with Gasteiger partial charge in [0.15, 0.2) is 0 Å². The fraction of sp³-hybridized carbons (Fsp3) is 0.805. The van der Waals surface area contributed by atoms with Crippen molar-refractivity contribution in [2.75, 3.05) is 26.4 Å². The SMILES string of the molecule is CCOCCOCCCC(=O)CCC(NC(=O)CCC(CC(=O)CCC(NC(=O)CCCCCCCCCCCCCCCCC(=O)O)C(=O)O)C(=O)O)C(=O)O. The number of ketones is 2. The third-order valence-corrected chi connectivity index (χ3v) is 9.60. The van der Waals surface area contributed by atoms with Crippen molar-refractivity contribution in [2.24, 2.45) is 5.92 Å². The molecule has 0 spiro atoms. The summed E-state index contributed by atoms with van der Waals surface area (Å²) in [7, 11) is 0. The van der Waals surface area contributed by atoms with Crippen molar-refractivity contribution in [3.63, 3.8) is 0 Å². The Balaban J connectivity index is 4.32. The zero-order chi connectivity index (χ0) is 42.7. The Labute approximate surface area is 337 Å². The molecule has 0 aromatic heterocycles. The number of aliphatic carboxylic acids is 4. The van der Waals surface area contributed by atoms with Gasteiger partial charge in [0.2, 0.25) is 11.8 Å². The number of hydrogen-bond donors (Lipinski definition) is 6. The van der Waals surface area contributed by atoms with Crippen molar-refractivity contribution < 1.29 is 68.3 Å². The van der Waals surface area contributed by atoms with Crippen molar-refractivity contribution in [1.82, 2.24) is 10.6 Å². The summed E-state index contributed by atoms with van der Waals surface area (Å²) in [5, 5.41) is 42.1. The van der Waals surface area contributed by atoms with E-state index in [4.69, 9.17) is 14.6 Å². The zero-order valence-electron chi connectivity index (χ0n) is 34.1. The first-order valence-electron chi connectivity index (χ1n) is 20.9. The molecule has 0 radical (unpaired) electrons. The Morgan fingerprint density at radius 1 is 0.439 bits per heavy atom. The van der Waals surface area contributed by atoms with E-state index in [1.807, 2.05) is 6.92 Å². The summed E-state index contributed by atoms with van der Waals surface area (Å²) in [6, 6.07) is -2.67. The molecule has 0 heterocycles. The molecule has 0 bridgehead atoms. The van der Waals surface area contributed by atoms with Crippen LogP contribution in [-0.2, 0) is 47.8 Å². The van der Waals surface area contributed by atoms with Gasteiger partial charge in [-0.2, -0.15) is 0 Å². The van der Waals surface area contributed by atoms with E-state index in [2.05, 4.69) is 10.6 Å². The van der Waals surface area contributed by atoms with Gasteiger partial charge in [0.25, 0.3) is 0 Å². The molecule has 3 atom stereocenters. The Morgan fingerprint density at radius 2 is 0.877 bits per heavy atom. The molecule has 2 amide bonds. The van der Waals surface area contributed by atoms with Crippen molar-refractivity contribution in [2.45, 2.75) is 180 Å². The van der Waals surface area contributed by atoms with Crippen LogP contribution in [0.1, 0.15) is 167 Å². The lowest BCUT2D eigenvalue weighted by atomic mass is 9.94. The second-order valence-corrected chi connectivity index (χ2v) is 14.6. The van der Waals surface area contributed by atoms with Crippen LogP contribution in [0.15, 0.2) is 0 Å². The monoisotopic (exact) mass is 814 g/mol. The standard InChI is InChI=1S/C41H70N2O14/c1-2-56-28-29-57-27-17-18-32(44)22-24-34(40(52)53)43-37(47)26-21-31(39(50)51)30-33(45)23-25-35(41(54)55)42-36(46)19-15-13-11-9-7-5-3-4-6-8-10-12-14-16-20-38(48)49/h31,34-35H,2-30H2,1H3,(H,42,46)(H,43,47)(H,48,49)(H,50,51)(H,52,53)(H,54,55). The number of nitrogens with one attached hydrogen (secondary N) is 2. The minimum Gasteiger partial charge on any atom is -0.481 e. The normalized spacial score (nSPS) is 12.6. The summed E-state index contributed by atoms with van der Waals surface area (Å²) >= 11 is 0. The summed E-state index contributed by atoms with van der Waals surface area (Å²) in [6.07, 6.45) is 13.7. The van der Waals surface area contributed by atoms with E-state index in [0.717, 1.165) is 57.8 Å². The van der Waals surface area contributed by atoms with Gasteiger partial charge in [-0.3, -0.25) is 28.8 Å². The quantitative estimate of drug-likeness (QED) is 0.0396. The van der Waals surface area contributed by atoms with Gasteiger partial charge in [-0.25, -0.2) is 9.59 Å². The zero-order valence-corrected chi connectivity index (χ0v) is 34.1. The third kappa shape index (κ3) is 32.8. The van der Waals surface area contributed by atoms with E-state index in [0.29, 0.717) is 39.3 Å². The highest BCUT2D eigenvalue weighted by molar-refractivity contribution is 5.87. The third-order valence-electron chi connectivity index (χ3n) is 9.60. The van der Waals surface area contributed by atoms with E-state index in [-0.39, 0.29) is 63.6 Å². The average molecular weight is 815 g/mol. The van der Waals surface area contributed by atoms with E-state index < -0.39 is 65.9 Å². The molecular formula is C41H70N2O14. The molecule has 0 saturated heterocycles. The molecule has 57 heavy (non-hydrogen) atoms. The lowest BCUT2D eigenvalue weighted by molar-refractivity contribution is -0.145. The van der Waals surface area contributed by atoms with Crippen molar-refractivity contribution in [3.05, 3.63) is 0 Å². The highest BCUT2D eigenvalue weighted by Crippen LogP contribution is 2.17. The van der Waals surface area contributed by atoms with Crippen LogP contribution < -0.4 is 10.6 Å². The number of rotatable bonds is 41. The molecule has 0 fully saturated rings. The summed E-state index contributed by atoms with van der Waals surface area (Å²) in [5.41, 5.74) is 0. The summed E-state index contributed by atoms with van der Waals surface area (Å²) in [6.45, 7) is 3.66. The summed E-state index contributed by atoms with van der Waals surface area (Å²) in [4.78, 5) is 95.4. The number of ether oxygens (including phenoxy) is 2. The number of carbonyl (C=O) groups excluding carboxylic acids is 4. The van der Waals surface area contributed by atoms with E-state index in [1.54, 1.807) is 0 Å². The molecule has 0 aromatic rings. The number of Topliss-reactive ketones (excluding diaryl/α,β-unsaturated/α-hetero) is 2. The van der Waals surface area contributed by atoms with Crippen LogP contribution in [-0.4, -0.2) is 106 Å². The van der Waals surface area contributed by atoms with Gasteiger partial charge in [0.05, 0.1) is 19.1 Å². The molecule has 328 valence electrons. The Bertz CT molecular complexity index is 1190. The van der Waals surface area contributed by atoms with Crippen LogP contribution in [0.2, 0.25) is 0 Å². The van der Waals surface area contributed by atoms with Crippen molar-refractivity contribution in [1.29, 1.82) is 0 Å². The molecule has 0 aliphatic carbocycles. The number of hydrogen-bond acceptors (Lipinski definition) is 10. The van der Waals surface area contributed by atoms with Crippen LogP contribution in [0, 0.1) is 5.92 Å². The second kappa shape index (κ2) is 35.3. The van der Waals surface area contributed by atoms with E-state index in [1.165, 1.54) is 25.7 Å². The topological polar surface area (TPSA) is 260 Å². The molecule has 0 saturated carbocycles. The number of carboxylic acid groups (broad SMARTS) is 4.